The summed E-state index contributed by atoms with van der Waals surface area (Å²) in [5.41, 5.74) is 0. The van der Waals surface area contributed by atoms with Gasteiger partial charge in [0.05, 0.1) is 0 Å². The van der Waals surface area contributed by atoms with Crippen LogP contribution in [-0.4, -0.2) is 0 Å². The third-order valence-electron chi connectivity index (χ3n) is 1.06. The van der Waals surface area contributed by atoms with E-state index in [9.17, 15) is 13.2 Å². The molecule has 60 valence electrons. The van der Waals surface area contributed by atoms with Crippen LogP contribution < -0.4 is 0 Å². The van der Waals surface area contributed by atoms with Gasteiger partial charge in [-0.2, -0.15) is 0 Å². The molecule has 0 N–H and O–H groups in total. The fourth-order valence-corrected chi connectivity index (χ4v) is 1.21. The highest BCUT2D eigenvalue weighted by Crippen LogP contribution is 2.24. The minimum Gasteiger partial charge on any atom is -0.204 e. The van der Waals surface area contributed by atoms with Gasteiger partial charge >= 0.3 is 0 Å². The molecule has 11 heavy (non-hydrogen) atoms. The van der Waals surface area contributed by atoms with Crippen LogP contribution in [0.1, 0.15) is 0 Å². The van der Waals surface area contributed by atoms with Crippen molar-refractivity contribution in [3.05, 3.63) is 29.6 Å². The Morgan fingerprint density at radius 3 is 1.91 bits per heavy atom. The van der Waals surface area contributed by atoms with E-state index >= 15 is 0 Å². The number of hydrogen-bond donors (Lipinski definition) is 1. The minimum absolute atomic E-state index is 0.240. The highest BCUT2D eigenvalue weighted by atomic mass is 33.1. The quantitative estimate of drug-likeness (QED) is 0.409. The largest absolute Gasteiger partial charge is 0.204 e. The van der Waals surface area contributed by atoms with Gasteiger partial charge in [-0.1, -0.05) is 10.8 Å². The third-order valence-corrected chi connectivity index (χ3v) is 2.14. The van der Waals surface area contributed by atoms with E-state index in [0.29, 0.717) is 0 Å². The summed E-state index contributed by atoms with van der Waals surface area (Å²) >= 11 is 3.70. The molecule has 0 aliphatic rings. The first-order valence-corrected chi connectivity index (χ1v) is 4.48. The molecule has 0 bridgehead atoms. The van der Waals surface area contributed by atoms with Crippen LogP contribution in [0.2, 0.25) is 0 Å². The highest BCUT2D eigenvalue weighted by molar-refractivity contribution is 8.68. The zero-order valence-corrected chi connectivity index (χ0v) is 6.85. The second-order valence-electron chi connectivity index (χ2n) is 1.79. The summed E-state index contributed by atoms with van der Waals surface area (Å²) in [7, 11) is 0.854. The summed E-state index contributed by atoms with van der Waals surface area (Å²) in [5.74, 6) is -3.83. The van der Waals surface area contributed by atoms with Crippen molar-refractivity contribution in [2.45, 2.75) is 4.90 Å². The molecule has 0 radical (unpaired) electrons. The predicted octanol–water partition coefficient (Wildman–Crippen LogP) is 3.04. The lowest BCUT2D eigenvalue weighted by Gasteiger charge is -1.97. The van der Waals surface area contributed by atoms with Gasteiger partial charge in [0.2, 0.25) is 0 Å². The van der Waals surface area contributed by atoms with Gasteiger partial charge in [0, 0.05) is 4.90 Å². The Hall–Kier alpha value is -0.290. The maximum Gasteiger partial charge on any atom is 0.194 e. The van der Waals surface area contributed by atoms with Crippen LogP contribution in [0.5, 0.6) is 0 Å². The monoisotopic (exact) mass is 196 g/mol. The summed E-state index contributed by atoms with van der Waals surface area (Å²) in [4.78, 5) is 0.240. The van der Waals surface area contributed by atoms with Crippen LogP contribution in [0.3, 0.4) is 0 Å². The van der Waals surface area contributed by atoms with Crippen LogP contribution >= 0.6 is 22.5 Å². The van der Waals surface area contributed by atoms with E-state index in [4.69, 9.17) is 0 Å². The summed E-state index contributed by atoms with van der Waals surface area (Å²) in [6.45, 7) is 0. The third kappa shape index (κ3) is 1.84. The lowest BCUT2D eigenvalue weighted by atomic mass is 10.3. The molecule has 0 aromatic heterocycles. The number of benzene rings is 1. The average Bonchev–Trinajstić information content (AvgIpc) is 1.99. The van der Waals surface area contributed by atoms with Gasteiger partial charge < -0.3 is 0 Å². The SMILES string of the molecule is Fc1cc(SS)cc(F)c1F. The van der Waals surface area contributed by atoms with Crippen molar-refractivity contribution >= 4 is 22.5 Å². The molecule has 0 saturated heterocycles. The van der Waals surface area contributed by atoms with Crippen molar-refractivity contribution in [3.8, 4) is 0 Å². The van der Waals surface area contributed by atoms with E-state index in [1.807, 2.05) is 0 Å². The maximum atomic E-state index is 12.4. The van der Waals surface area contributed by atoms with E-state index in [-0.39, 0.29) is 4.90 Å². The molecular weight excluding hydrogens is 193 g/mol. The zero-order chi connectivity index (χ0) is 8.43. The number of halogens is 3. The van der Waals surface area contributed by atoms with Crippen molar-refractivity contribution in [1.82, 2.24) is 0 Å². The van der Waals surface area contributed by atoms with Gasteiger partial charge in [-0.3, -0.25) is 0 Å². The van der Waals surface area contributed by atoms with Gasteiger partial charge in [-0.05, 0) is 12.1 Å². The Morgan fingerprint density at radius 2 is 1.55 bits per heavy atom. The minimum atomic E-state index is -1.45. The van der Waals surface area contributed by atoms with Gasteiger partial charge in [0.15, 0.2) is 17.5 Å². The Morgan fingerprint density at radius 1 is 1.09 bits per heavy atom. The lowest BCUT2D eigenvalue weighted by Crippen LogP contribution is -1.89. The first-order valence-electron chi connectivity index (χ1n) is 2.61. The fraction of sp³-hybridized carbons (Fsp3) is 0. The van der Waals surface area contributed by atoms with Gasteiger partial charge in [0.1, 0.15) is 0 Å². The first-order chi connectivity index (χ1) is 5.15. The lowest BCUT2D eigenvalue weighted by molar-refractivity contribution is 0.443. The molecule has 0 saturated carbocycles. The number of thiol groups is 1. The van der Waals surface area contributed by atoms with E-state index < -0.39 is 17.5 Å². The van der Waals surface area contributed by atoms with Gasteiger partial charge in [0.25, 0.3) is 0 Å². The first kappa shape index (κ1) is 8.80. The average molecular weight is 196 g/mol. The maximum absolute atomic E-state index is 12.4. The van der Waals surface area contributed by atoms with Crippen LogP contribution in [-0.2, 0) is 0 Å². The van der Waals surface area contributed by atoms with Crippen molar-refractivity contribution in [2.24, 2.45) is 0 Å². The molecule has 1 rings (SSSR count). The Labute approximate surface area is 70.6 Å². The van der Waals surface area contributed by atoms with Crippen molar-refractivity contribution in [2.75, 3.05) is 0 Å². The standard InChI is InChI=1S/C6H3F3S2/c7-4-1-3(11-10)2-5(8)6(4)9/h1-2,10H. The molecule has 0 nitrogen and oxygen atoms in total. The number of hydrogen-bond acceptors (Lipinski definition) is 2. The Kier molecular flexibility index (Phi) is 2.72. The van der Waals surface area contributed by atoms with Crippen molar-refractivity contribution in [3.63, 3.8) is 0 Å². The Bertz CT molecular complexity index is 252. The van der Waals surface area contributed by atoms with Crippen molar-refractivity contribution in [1.29, 1.82) is 0 Å². The molecule has 0 amide bonds. The summed E-state index contributed by atoms with van der Waals surface area (Å²) in [6.07, 6.45) is 0. The predicted molar refractivity (Wildman–Crippen MR) is 41.2 cm³/mol. The molecule has 0 unspecified atom stereocenters. The number of rotatable bonds is 1. The molecule has 0 aliphatic heterocycles. The second kappa shape index (κ2) is 3.40. The molecule has 0 fully saturated rings. The molecule has 5 heteroatoms. The highest BCUT2D eigenvalue weighted by Gasteiger charge is 2.09. The Balaban J connectivity index is 3.21. The van der Waals surface area contributed by atoms with Crippen LogP contribution in [0.15, 0.2) is 17.0 Å². The molecule has 0 heterocycles. The summed E-state index contributed by atoms with van der Waals surface area (Å²) in [6, 6.07) is 1.77. The summed E-state index contributed by atoms with van der Waals surface area (Å²) in [5, 5.41) is 0. The molecule has 0 aliphatic carbocycles. The fourth-order valence-electron chi connectivity index (χ4n) is 0.585. The molecular formula is C6H3F3S2. The van der Waals surface area contributed by atoms with E-state index in [0.717, 1.165) is 22.9 Å². The van der Waals surface area contributed by atoms with Gasteiger partial charge in [-0.15, -0.1) is 11.7 Å². The van der Waals surface area contributed by atoms with Crippen LogP contribution in [0.4, 0.5) is 13.2 Å². The van der Waals surface area contributed by atoms with Crippen LogP contribution in [0, 0.1) is 17.5 Å². The topological polar surface area (TPSA) is 0 Å². The molecule has 1 aromatic rings. The second-order valence-corrected chi connectivity index (χ2v) is 2.99. The molecule has 0 atom stereocenters. The normalized spacial score (nSPS) is 10.2. The van der Waals surface area contributed by atoms with Crippen LogP contribution in [0.25, 0.3) is 0 Å². The van der Waals surface area contributed by atoms with Crippen molar-refractivity contribution < 1.29 is 13.2 Å². The van der Waals surface area contributed by atoms with E-state index in [1.165, 1.54) is 0 Å². The smallest absolute Gasteiger partial charge is 0.194 e. The zero-order valence-electron chi connectivity index (χ0n) is 5.14. The molecule has 1 aromatic carbocycles. The van der Waals surface area contributed by atoms with E-state index in [1.54, 1.807) is 0 Å². The van der Waals surface area contributed by atoms with E-state index in [2.05, 4.69) is 11.7 Å². The molecule has 0 spiro atoms. The summed E-state index contributed by atoms with van der Waals surface area (Å²) < 4.78 is 37.0. The van der Waals surface area contributed by atoms with Gasteiger partial charge in [-0.25, -0.2) is 13.2 Å².